The van der Waals surface area contributed by atoms with Crippen LogP contribution in [0.3, 0.4) is 0 Å². The van der Waals surface area contributed by atoms with Gasteiger partial charge in [-0.05, 0) is 6.92 Å². The Morgan fingerprint density at radius 3 is 2.79 bits per heavy atom. The second-order valence-electron chi connectivity index (χ2n) is 3.92. The summed E-state index contributed by atoms with van der Waals surface area (Å²) in [5, 5.41) is 12.7. The number of hydrogen-bond acceptors (Lipinski definition) is 3. The molecule has 5 nitrogen and oxygen atoms in total. The molecule has 82 valence electrons. The first-order valence-electron chi connectivity index (χ1n) is 4.75. The zero-order valence-corrected chi connectivity index (χ0v) is 8.91. The van der Waals surface area contributed by atoms with Crippen LogP contribution < -0.4 is 5.32 Å². The highest BCUT2D eigenvalue weighted by atomic mass is 16.5. The van der Waals surface area contributed by atoms with Gasteiger partial charge in [0, 0.05) is 27.1 Å². The van der Waals surface area contributed by atoms with E-state index in [1.54, 1.807) is 14.1 Å². The van der Waals surface area contributed by atoms with Crippen LogP contribution in [0.2, 0.25) is 0 Å². The number of carbonyl (C=O) groups is 1. The lowest BCUT2D eigenvalue weighted by Crippen LogP contribution is -2.49. The van der Waals surface area contributed by atoms with Crippen molar-refractivity contribution in [2.45, 2.75) is 25.0 Å². The Labute approximate surface area is 84.0 Å². The van der Waals surface area contributed by atoms with E-state index in [2.05, 4.69) is 5.32 Å². The minimum absolute atomic E-state index is 0.197. The third-order valence-electron chi connectivity index (χ3n) is 2.61. The minimum Gasteiger partial charge on any atom is -0.385 e. The molecule has 1 rings (SSSR count). The van der Waals surface area contributed by atoms with Gasteiger partial charge in [-0.2, -0.15) is 0 Å². The number of hydrogen-bond donors (Lipinski definition) is 2. The molecular formula is C9H18N2O3. The molecule has 0 aromatic rings. The molecular weight excluding hydrogens is 184 g/mol. The predicted octanol–water partition coefficient (Wildman–Crippen LogP) is -0.203. The molecule has 0 aromatic heterocycles. The first-order chi connectivity index (χ1) is 6.46. The largest absolute Gasteiger partial charge is 0.385 e. The highest BCUT2D eigenvalue weighted by molar-refractivity contribution is 5.73. The summed E-state index contributed by atoms with van der Waals surface area (Å²) in [6, 6.07) is -0.197. The summed E-state index contributed by atoms with van der Waals surface area (Å²) in [6.07, 6.45) is 0.354. The van der Waals surface area contributed by atoms with E-state index in [1.807, 2.05) is 6.92 Å². The third-order valence-corrected chi connectivity index (χ3v) is 2.61. The molecule has 2 atom stereocenters. The summed E-state index contributed by atoms with van der Waals surface area (Å²) in [5.74, 6) is 0. The number of urea groups is 1. The van der Waals surface area contributed by atoms with Crippen molar-refractivity contribution >= 4 is 6.03 Å². The van der Waals surface area contributed by atoms with Crippen molar-refractivity contribution in [2.24, 2.45) is 0 Å². The van der Waals surface area contributed by atoms with Gasteiger partial charge >= 0.3 is 6.03 Å². The molecule has 5 heteroatoms. The van der Waals surface area contributed by atoms with E-state index in [4.69, 9.17) is 4.74 Å². The highest BCUT2D eigenvalue weighted by Gasteiger charge is 2.39. The quantitative estimate of drug-likeness (QED) is 0.651. The fourth-order valence-corrected chi connectivity index (χ4v) is 1.39. The van der Waals surface area contributed by atoms with Crippen molar-refractivity contribution < 1.29 is 14.6 Å². The van der Waals surface area contributed by atoms with Crippen molar-refractivity contribution in [2.75, 3.05) is 27.2 Å². The Balaban J connectivity index is 2.40. The Morgan fingerprint density at radius 2 is 2.36 bits per heavy atom. The lowest BCUT2D eigenvalue weighted by molar-refractivity contribution is -0.0247. The number of carbonyl (C=O) groups excluding carboxylic acids is 1. The Morgan fingerprint density at radius 1 is 1.71 bits per heavy atom. The maximum atomic E-state index is 11.2. The molecule has 1 saturated heterocycles. The van der Waals surface area contributed by atoms with Crippen LogP contribution in [0, 0.1) is 0 Å². The molecule has 1 fully saturated rings. The number of amides is 2. The molecule has 2 amide bonds. The van der Waals surface area contributed by atoms with Crippen LogP contribution in [0.15, 0.2) is 0 Å². The summed E-state index contributed by atoms with van der Waals surface area (Å²) < 4.78 is 5.25. The van der Waals surface area contributed by atoms with E-state index in [9.17, 15) is 9.90 Å². The Bertz CT molecular complexity index is 220. The van der Waals surface area contributed by atoms with E-state index in [0.717, 1.165) is 0 Å². The Kier molecular flexibility index (Phi) is 3.34. The number of aliphatic hydroxyl groups is 1. The van der Waals surface area contributed by atoms with Crippen molar-refractivity contribution in [3.63, 3.8) is 0 Å². The summed E-state index contributed by atoms with van der Waals surface area (Å²) in [5.41, 5.74) is -0.911. The fourth-order valence-electron chi connectivity index (χ4n) is 1.39. The SMILES string of the molecule is CC1OCCC1(O)CNC(=O)N(C)C. The second kappa shape index (κ2) is 4.14. The van der Waals surface area contributed by atoms with Crippen molar-refractivity contribution in [3.05, 3.63) is 0 Å². The van der Waals surface area contributed by atoms with Gasteiger partial charge in [-0.25, -0.2) is 4.79 Å². The lowest BCUT2D eigenvalue weighted by Gasteiger charge is -2.26. The first kappa shape index (κ1) is 11.3. The zero-order chi connectivity index (χ0) is 10.8. The third kappa shape index (κ3) is 2.36. The van der Waals surface area contributed by atoms with Crippen molar-refractivity contribution in [1.82, 2.24) is 10.2 Å². The van der Waals surface area contributed by atoms with Crippen LogP contribution in [0.5, 0.6) is 0 Å². The normalized spacial score (nSPS) is 31.6. The monoisotopic (exact) mass is 202 g/mol. The number of nitrogens with zero attached hydrogens (tertiary/aromatic N) is 1. The lowest BCUT2D eigenvalue weighted by atomic mass is 9.97. The summed E-state index contributed by atoms with van der Waals surface area (Å²) in [7, 11) is 3.32. The van der Waals surface area contributed by atoms with E-state index in [0.29, 0.717) is 13.0 Å². The molecule has 1 aliphatic rings. The Hall–Kier alpha value is -0.810. The van der Waals surface area contributed by atoms with E-state index in [-0.39, 0.29) is 18.7 Å². The molecule has 2 unspecified atom stereocenters. The average Bonchev–Trinajstić information content (AvgIpc) is 2.44. The average molecular weight is 202 g/mol. The summed E-state index contributed by atoms with van der Waals surface area (Å²) >= 11 is 0. The molecule has 0 radical (unpaired) electrons. The van der Waals surface area contributed by atoms with Crippen LogP contribution in [-0.2, 0) is 4.74 Å². The number of nitrogens with one attached hydrogen (secondary N) is 1. The van der Waals surface area contributed by atoms with Crippen LogP contribution in [0.25, 0.3) is 0 Å². The van der Waals surface area contributed by atoms with Gasteiger partial charge in [0.15, 0.2) is 0 Å². The van der Waals surface area contributed by atoms with Gasteiger partial charge in [0.05, 0.1) is 12.6 Å². The molecule has 0 aromatic carbocycles. The predicted molar refractivity (Wildman–Crippen MR) is 52.1 cm³/mol. The summed E-state index contributed by atoms with van der Waals surface area (Å²) in [6.45, 7) is 2.61. The summed E-state index contributed by atoms with van der Waals surface area (Å²) in [4.78, 5) is 12.6. The maximum absolute atomic E-state index is 11.2. The van der Waals surface area contributed by atoms with Crippen molar-refractivity contribution in [1.29, 1.82) is 0 Å². The second-order valence-corrected chi connectivity index (χ2v) is 3.92. The van der Waals surface area contributed by atoms with Gasteiger partial charge in [0.2, 0.25) is 0 Å². The van der Waals surface area contributed by atoms with Gasteiger partial charge in [-0.1, -0.05) is 0 Å². The zero-order valence-electron chi connectivity index (χ0n) is 8.91. The standard InChI is InChI=1S/C9H18N2O3/c1-7-9(13,4-5-14-7)6-10-8(12)11(2)3/h7,13H,4-6H2,1-3H3,(H,10,12). The molecule has 0 spiro atoms. The number of ether oxygens (including phenoxy) is 1. The molecule has 1 heterocycles. The molecule has 1 aliphatic heterocycles. The van der Waals surface area contributed by atoms with Crippen LogP contribution in [0.4, 0.5) is 4.79 Å². The molecule has 2 N–H and O–H groups in total. The maximum Gasteiger partial charge on any atom is 0.316 e. The molecule has 0 saturated carbocycles. The number of rotatable bonds is 2. The van der Waals surface area contributed by atoms with Crippen molar-refractivity contribution in [3.8, 4) is 0 Å². The van der Waals surface area contributed by atoms with Gasteiger partial charge in [-0.3, -0.25) is 0 Å². The molecule has 0 bridgehead atoms. The van der Waals surface area contributed by atoms with Gasteiger partial charge in [0.25, 0.3) is 0 Å². The van der Waals surface area contributed by atoms with Crippen LogP contribution in [-0.4, -0.2) is 55.0 Å². The van der Waals surface area contributed by atoms with Gasteiger partial charge in [0.1, 0.15) is 5.60 Å². The topological polar surface area (TPSA) is 61.8 Å². The van der Waals surface area contributed by atoms with Gasteiger partial charge < -0.3 is 20.1 Å². The van der Waals surface area contributed by atoms with E-state index < -0.39 is 5.60 Å². The van der Waals surface area contributed by atoms with Gasteiger partial charge in [-0.15, -0.1) is 0 Å². The smallest absolute Gasteiger partial charge is 0.316 e. The fraction of sp³-hybridized carbons (Fsp3) is 0.889. The molecule has 14 heavy (non-hydrogen) atoms. The van der Waals surface area contributed by atoms with Crippen LogP contribution >= 0.6 is 0 Å². The van der Waals surface area contributed by atoms with E-state index >= 15 is 0 Å². The molecule has 0 aliphatic carbocycles. The highest BCUT2D eigenvalue weighted by Crippen LogP contribution is 2.24. The first-order valence-corrected chi connectivity index (χ1v) is 4.75. The van der Waals surface area contributed by atoms with E-state index in [1.165, 1.54) is 4.90 Å². The van der Waals surface area contributed by atoms with Crippen LogP contribution in [0.1, 0.15) is 13.3 Å². The minimum atomic E-state index is -0.911.